The van der Waals surface area contributed by atoms with Crippen LogP contribution in [0, 0.1) is 0 Å². The quantitative estimate of drug-likeness (QED) is 0.595. The van der Waals surface area contributed by atoms with E-state index in [1.807, 2.05) is 0 Å². The zero-order valence-electron chi connectivity index (χ0n) is 13.6. The third-order valence-corrected chi connectivity index (χ3v) is 4.51. The summed E-state index contributed by atoms with van der Waals surface area (Å²) in [5, 5.41) is 21.0. The standard InChI is InChI=1S/C16H19BN2O6/c20-14(21)5-6-18-15(22)13-2-1-7-19(13)16(23)10-3-4-11-9-25-17(24)12(11)8-10/h3-4,8,13,24H,1-2,5-7,9H2,(H,18,22)(H,20,21). The number of carboxylic acid groups (broad SMARTS) is 1. The molecule has 0 aliphatic carbocycles. The Bertz CT molecular complexity index is 710. The van der Waals surface area contributed by atoms with Crippen molar-refractivity contribution in [1.82, 2.24) is 10.2 Å². The molecule has 1 fully saturated rings. The van der Waals surface area contributed by atoms with Crippen molar-refractivity contribution in [3.63, 3.8) is 0 Å². The van der Waals surface area contributed by atoms with E-state index < -0.39 is 19.1 Å². The second kappa shape index (κ2) is 7.24. The van der Waals surface area contributed by atoms with Crippen LogP contribution in [0.25, 0.3) is 0 Å². The van der Waals surface area contributed by atoms with Crippen molar-refractivity contribution in [3.05, 3.63) is 29.3 Å². The van der Waals surface area contributed by atoms with E-state index in [-0.39, 0.29) is 24.8 Å². The van der Waals surface area contributed by atoms with Gasteiger partial charge in [0.05, 0.1) is 13.0 Å². The van der Waals surface area contributed by atoms with E-state index in [0.29, 0.717) is 37.0 Å². The summed E-state index contributed by atoms with van der Waals surface area (Å²) in [6.45, 7) is 0.810. The fourth-order valence-electron chi connectivity index (χ4n) is 3.21. The number of nitrogens with one attached hydrogen (secondary N) is 1. The van der Waals surface area contributed by atoms with Crippen molar-refractivity contribution in [2.75, 3.05) is 13.1 Å². The molecule has 25 heavy (non-hydrogen) atoms. The lowest BCUT2D eigenvalue weighted by molar-refractivity contribution is -0.137. The summed E-state index contributed by atoms with van der Waals surface area (Å²) >= 11 is 0. The summed E-state index contributed by atoms with van der Waals surface area (Å²) in [4.78, 5) is 37.1. The first-order valence-electron chi connectivity index (χ1n) is 8.20. The van der Waals surface area contributed by atoms with E-state index >= 15 is 0 Å². The molecule has 9 heteroatoms. The largest absolute Gasteiger partial charge is 0.491 e. The molecule has 0 saturated carbocycles. The fourth-order valence-corrected chi connectivity index (χ4v) is 3.21. The first kappa shape index (κ1) is 17.4. The minimum Gasteiger partial charge on any atom is -0.481 e. The van der Waals surface area contributed by atoms with E-state index in [4.69, 9.17) is 9.76 Å². The van der Waals surface area contributed by atoms with Gasteiger partial charge in [-0.05, 0) is 36.0 Å². The topological polar surface area (TPSA) is 116 Å². The molecule has 0 radical (unpaired) electrons. The van der Waals surface area contributed by atoms with Gasteiger partial charge in [0.15, 0.2) is 0 Å². The lowest BCUT2D eigenvalue weighted by atomic mass is 9.78. The summed E-state index contributed by atoms with van der Waals surface area (Å²) in [7, 11) is -1.03. The number of nitrogens with zero attached hydrogens (tertiary/aromatic N) is 1. The Morgan fingerprint density at radius 1 is 1.36 bits per heavy atom. The molecule has 1 aromatic rings. The summed E-state index contributed by atoms with van der Waals surface area (Å²) in [6.07, 6.45) is 1.09. The smallest absolute Gasteiger partial charge is 0.481 e. The molecule has 2 amide bonds. The zero-order valence-corrected chi connectivity index (χ0v) is 13.6. The van der Waals surface area contributed by atoms with Gasteiger partial charge < -0.3 is 25.0 Å². The van der Waals surface area contributed by atoms with Gasteiger partial charge in [-0.2, -0.15) is 0 Å². The molecule has 3 rings (SSSR count). The van der Waals surface area contributed by atoms with Crippen LogP contribution in [0.1, 0.15) is 35.2 Å². The van der Waals surface area contributed by atoms with Crippen LogP contribution in [0.2, 0.25) is 0 Å². The number of rotatable bonds is 5. The predicted molar refractivity (Wildman–Crippen MR) is 88.2 cm³/mol. The van der Waals surface area contributed by atoms with Gasteiger partial charge in [-0.25, -0.2) is 0 Å². The van der Waals surface area contributed by atoms with Gasteiger partial charge >= 0.3 is 13.1 Å². The van der Waals surface area contributed by atoms with E-state index in [9.17, 15) is 19.4 Å². The Hall–Kier alpha value is -2.39. The Morgan fingerprint density at radius 3 is 2.92 bits per heavy atom. The second-order valence-electron chi connectivity index (χ2n) is 6.17. The zero-order chi connectivity index (χ0) is 18.0. The number of hydrogen-bond acceptors (Lipinski definition) is 5. The number of amides is 2. The third kappa shape index (κ3) is 3.67. The van der Waals surface area contributed by atoms with Gasteiger partial charge in [0.25, 0.3) is 5.91 Å². The van der Waals surface area contributed by atoms with Gasteiger partial charge in [0, 0.05) is 18.7 Å². The van der Waals surface area contributed by atoms with Crippen molar-refractivity contribution < 1.29 is 29.2 Å². The van der Waals surface area contributed by atoms with Crippen molar-refractivity contribution in [2.24, 2.45) is 0 Å². The maximum atomic E-state index is 12.8. The highest BCUT2D eigenvalue weighted by Gasteiger charge is 2.35. The SMILES string of the molecule is O=C(O)CCNC(=O)C1CCCN1C(=O)c1ccc2c(c1)B(O)OC2. The van der Waals surface area contributed by atoms with Crippen molar-refractivity contribution >= 4 is 30.4 Å². The van der Waals surface area contributed by atoms with E-state index in [1.165, 1.54) is 4.90 Å². The van der Waals surface area contributed by atoms with Crippen LogP contribution in [0.15, 0.2) is 18.2 Å². The average Bonchev–Trinajstić information content (AvgIpc) is 3.21. The lowest BCUT2D eigenvalue weighted by Crippen LogP contribution is -2.46. The molecule has 0 aromatic heterocycles. The predicted octanol–water partition coefficient (Wildman–Crippen LogP) is -0.900. The molecular formula is C16H19BN2O6. The molecule has 0 bridgehead atoms. The van der Waals surface area contributed by atoms with Gasteiger partial charge in [-0.15, -0.1) is 0 Å². The minimum atomic E-state index is -1.03. The van der Waals surface area contributed by atoms with Crippen LogP contribution in [0.5, 0.6) is 0 Å². The van der Waals surface area contributed by atoms with Gasteiger partial charge in [-0.1, -0.05) is 6.07 Å². The second-order valence-corrected chi connectivity index (χ2v) is 6.17. The summed E-state index contributed by atoms with van der Waals surface area (Å²) < 4.78 is 5.13. The van der Waals surface area contributed by atoms with Crippen LogP contribution in [0.3, 0.4) is 0 Å². The minimum absolute atomic E-state index is 0.0368. The van der Waals surface area contributed by atoms with Gasteiger partial charge in [-0.3, -0.25) is 14.4 Å². The molecule has 3 N–H and O–H groups in total. The molecule has 132 valence electrons. The number of carboxylic acids is 1. The number of aliphatic carboxylic acids is 1. The van der Waals surface area contributed by atoms with Gasteiger partial charge in [0.2, 0.25) is 5.91 Å². The van der Waals surface area contributed by atoms with Crippen LogP contribution >= 0.6 is 0 Å². The Kier molecular flexibility index (Phi) is 5.05. The highest BCUT2D eigenvalue weighted by Crippen LogP contribution is 2.21. The number of likely N-dealkylation sites (tertiary alicyclic amines) is 1. The Labute approximate surface area is 144 Å². The molecule has 2 heterocycles. The molecular weight excluding hydrogens is 327 g/mol. The maximum Gasteiger partial charge on any atom is 0.491 e. The molecule has 1 atom stereocenters. The third-order valence-electron chi connectivity index (χ3n) is 4.51. The van der Waals surface area contributed by atoms with Crippen molar-refractivity contribution in [3.8, 4) is 0 Å². The highest BCUT2D eigenvalue weighted by molar-refractivity contribution is 6.61. The number of carbonyl (C=O) groups excluding carboxylic acids is 2. The number of fused-ring (bicyclic) bond motifs is 1. The van der Waals surface area contributed by atoms with E-state index in [2.05, 4.69) is 5.32 Å². The molecule has 2 aliphatic heterocycles. The molecule has 2 aliphatic rings. The fraction of sp³-hybridized carbons (Fsp3) is 0.438. The molecule has 8 nitrogen and oxygen atoms in total. The molecule has 1 unspecified atom stereocenters. The van der Waals surface area contributed by atoms with Crippen molar-refractivity contribution in [2.45, 2.75) is 31.9 Å². The summed E-state index contributed by atoms with van der Waals surface area (Å²) in [5.41, 5.74) is 1.81. The number of carbonyl (C=O) groups is 3. The van der Waals surface area contributed by atoms with Crippen LogP contribution in [0.4, 0.5) is 0 Å². The summed E-state index contributed by atoms with van der Waals surface area (Å²) in [6, 6.07) is 4.42. The normalized spacial score (nSPS) is 19.0. The van der Waals surface area contributed by atoms with Crippen LogP contribution < -0.4 is 10.8 Å². The number of benzene rings is 1. The van der Waals surface area contributed by atoms with Crippen LogP contribution in [-0.2, 0) is 20.9 Å². The molecule has 1 saturated heterocycles. The van der Waals surface area contributed by atoms with E-state index in [1.54, 1.807) is 18.2 Å². The Balaban J connectivity index is 1.69. The average molecular weight is 346 g/mol. The van der Waals surface area contributed by atoms with Gasteiger partial charge in [0.1, 0.15) is 6.04 Å². The Morgan fingerprint density at radius 2 is 2.16 bits per heavy atom. The lowest BCUT2D eigenvalue weighted by Gasteiger charge is -2.24. The van der Waals surface area contributed by atoms with Crippen LogP contribution in [-0.4, -0.2) is 59.1 Å². The summed E-state index contributed by atoms with van der Waals surface area (Å²) in [5.74, 6) is -1.60. The number of hydrogen-bond donors (Lipinski definition) is 3. The first-order valence-corrected chi connectivity index (χ1v) is 8.20. The molecule has 1 aromatic carbocycles. The molecule has 0 spiro atoms. The maximum absolute atomic E-state index is 12.8. The van der Waals surface area contributed by atoms with E-state index in [0.717, 1.165) is 5.56 Å². The van der Waals surface area contributed by atoms with Crippen molar-refractivity contribution in [1.29, 1.82) is 0 Å². The highest BCUT2D eigenvalue weighted by atomic mass is 16.5. The first-order chi connectivity index (χ1) is 12.0. The monoisotopic (exact) mass is 346 g/mol.